The summed E-state index contributed by atoms with van der Waals surface area (Å²) in [6.07, 6.45) is -0.236. The molecule has 1 saturated heterocycles. The average molecular weight is 321 g/mol. The number of halogens is 4. The summed E-state index contributed by atoms with van der Waals surface area (Å²) in [6, 6.07) is -1.21. The lowest BCUT2D eigenvalue weighted by Gasteiger charge is -2.16. The Morgan fingerprint density at radius 3 is 2.09 bits per heavy atom. The molecule has 2 N–H and O–H groups in total. The average Bonchev–Trinajstić information content (AvgIpc) is 2.95. The molecule has 2 unspecified atom stereocenters. The van der Waals surface area contributed by atoms with Gasteiger partial charge in [-0.25, -0.2) is 22.4 Å². The highest BCUT2D eigenvalue weighted by atomic mass is 19.2. The molecule has 0 saturated carbocycles. The zero-order valence-corrected chi connectivity index (χ0v) is 11.3. The van der Waals surface area contributed by atoms with Crippen LogP contribution in [0, 0.1) is 29.2 Å². The highest BCUT2D eigenvalue weighted by molar-refractivity contribution is 5.90. The van der Waals surface area contributed by atoms with Gasteiger partial charge in [0, 0.05) is 18.2 Å². The molecule has 22 heavy (non-hydrogen) atoms. The SMILES string of the molecule is COC(=O)c1c(F)c(F)c(C2CC(C(=O)O)CN2)c(F)c1F. The van der Waals surface area contributed by atoms with Crippen LogP contribution < -0.4 is 5.32 Å². The van der Waals surface area contributed by atoms with Gasteiger partial charge in [0.2, 0.25) is 0 Å². The minimum atomic E-state index is -1.87. The number of carboxylic acid groups (broad SMARTS) is 1. The summed E-state index contributed by atoms with van der Waals surface area (Å²) in [4.78, 5) is 22.0. The number of benzene rings is 1. The number of carbonyl (C=O) groups excluding carboxylic acids is 1. The van der Waals surface area contributed by atoms with Gasteiger partial charge in [-0.3, -0.25) is 4.79 Å². The van der Waals surface area contributed by atoms with Gasteiger partial charge in [0.25, 0.3) is 0 Å². The maximum absolute atomic E-state index is 14.0. The second-order valence-corrected chi connectivity index (χ2v) is 4.77. The zero-order chi connectivity index (χ0) is 16.6. The fourth-order valence-electron chi connectivity index (χ4n) is 2.38. The van der Waals surface area contributed by atoms with Crippen LogP contribution in [0.4, 0.5) is 17.6 Å². The van der Waals surface area contributed by atoms with Crippen LogP contribution in [0.25, 0.3) is 0 Å². The quantitative estimate of drug-likeness (QED) is 0.504. The van der Waals surface area contributed by atoms with Gasteiger partial charge in [0.05, 0.1) is 13.0 Å². The number of esters is 1. The van der Waals surface area contributed by atoms with E-state index in [1.54, 1.807) is 0 Å². The molecule has 1 aliphatic rings. The van der Waals surface area contributed by atoms with E-state index in [1.807, 2.05) is 0 Å². The highest BCUT2D eigenvalue weighted by Gasteiger charge is 2.38. The number of carboxylic acids is 1. The first-order valence-corrected chi connectivity index (χ1v) is 6.19. The normalized spacial score (nSPS) is 21.0. The lowest BCUT2D eigenvalue weighted by molar-refractivity contribution is -0.141. The molecular formula is C13H11F4NO4. The molecule has 1 aromatic carbocycles. The summed E-state index contributed by atoms with van der Waals surface area (Å²) in [5.41, 5.74) is -2.43. The van der Waals surface area contributed by atoms with Crippen LogP contribution in [0.5, 0.6) is 0 Å². The van der Waals surface area contributed by atoms with Gasteiger partial charge in [-0.15, -0.1) is 0 Å². The molecule has 9 heteroatoms. The lowest BCUT2D eigenvalue weighted by atomic mass is 9.97. The van der Waals surface area contributed by atoms with Gasteiger partial charge >= 0.3 is 11.9 Å². The Balaban J connectivity index is 2.51. The van der Waals surface area contributed by atoms with Crippen molar-refractivity contribution in [2.45, 2.75) is 12.5 Å². The number of methoxy groups -OCH3 is 1. The standard InChI is InChI=1S/C13H11F4NO4/c1-22-13(21)7-10(16)8(14)6(9(15)11(7)17)5-2-4(3-18-5)12(19)20/h4-5,18H,2-3H2,1H3,(H,19,20). The Kier molecular flexibility index (Phi) is 4.36. The first-order chi connectivity index (χ1) is 10.3. The maximum Gasteiger partial charge on any atom is 0.344 e. The Bertz CT molecular complexity index is 620. The summed E-state index contributed by atoms with van der Waals surface area (Å²) in [5, 5.41) is 11.3. The van der Waals surface area contributed by atoms with Gasteiger partial charge in [-0.2, -0.15) is 0 Å². The molecule has 0 aliphatic carbocycles. The molecule has 0 bridgehead atoms. The maximum atomic E-state index is 14.0. The molecule has 2 atom stereocenters. The van der Waals surface area contributed by atoms with E-state index in [-0.39, 0.29) is 13.0 Å². The van der Waals surface area contributed by atoms with Crippen LogP contribution in [0.3, 0.4) is 0 Å². The Morgan fingerprint density at radius 2 is 1.68 bits per heavy atom. The number of hydrogen-bond acceptors (Lipinski definition) is 4. The number of hydrogen-bond donors (Lipinski definition) is 2. The van der Waals surface area contributed by atoms with Crippen LogP contribution in [0.15, 0.2) is 0 Å². The Morgan fingerprint density at radius 1 is 1.14 bits per heavy atom. The minimum Gasteiger partial charge on any atom is -0.481 e. The van der Waals surface area contributed by atoms with Gasteiger partial charge in [0.1, 0.15) is 5.56 Å². The second kappa shape index (κ2) is 5.91. The zero-order valence-electron chi connectivity index (χ0n) is 11.3. The lowest BCUT2D eigenvalue weighted by Crippen LogP contribution is -2.21. The molecule has 1 heterocycles. The third-order valence-electron chi connectivity index (χ3n) is 3.52. The Labute approximate surface area is 121 Å². The monoisotopic (exact) mass is 321 g/mol. The fourth-order valence-corrected chi connectivity index (χ4v) is 2.38. The smallest absolute Gasteiger partial charge is 0.344 e. The largest absolute Gasteiger partial charge is 0.481 e. The molecule has 0 radical (unpaired) electrons. The molecule has 2 rings (SSSR count). The van der Waals surface area contributed by atoms with Crippen molar-refractivity contribution in [2.24, 2.45) is 5.92 Å². The molecule has 1 fully saturated rings. The van der Waals surface area contributed by atoms with Crippen molar-refractivity contribution in [1.29, 1.82) is 0 Å². The van der Waals surface area contributed by atoms with Crippen molar-refractivity contribution < 1.29 is 37.0 Å². The molecule has 0 amide bonds. The molecular weight excluding hydrogens is 310 g/mol. The van der Waals surface area contributed by atoms with Crippen molar-refractivity contribution in [3.05, 3.63) is 34.4 Å². The predicted molar refractivity (Wildman–Crippen MR) is 64.1 cm³/mol. The summed E-state index contributed by atoms with van der Waals surface area (Å²) >= 11 is 0. The second-order valence-electron chi connectivity index (χ2n) is 4.77. The van der Waals surface area contributed by atoms with Crippen LogP contribution in [-0.4, -0.2) is 30.7 Å². The molecule has 1 aromatic rings. The summed E-state index contributed by atoms with van der Waals surface area (Å²) in [7, 11) is 0.806. The van der Waals surface area contributed by atoms with E-state index in [1.165, 1.54) is 0 Å². The van der Waals surface area contributed by atoms with Crippen LogP contribution in [-0.2, 0) is 9.53 Å². The van der Waals surface area contributed by atoms with Crippen LogP contribution in [0.1, 0.15) is 28.4 Å². The number of nitrogens with one attached hydrogen (secondary N) is 1. The van der Waals surface area contributed by atoms with Gasteiger partial charge in [-0.1, -0.05) is 0 Å². The van der Waals surface area contributed by atoms with E-state index >= 15 is 0 Å². The Hall–Kier alpha value is -2.16. The van der Waals surface area contributed by atoms with Gasteiger partial charge < -0.3 is 15.2 Å². The third kappa shape index (κ3) is 2.52. The fraction of sp³-hybridized carbons (Fsp3) is 0.385. The van der Waals surface area contributed by atoms with Crippen LogP contribution >= 0.6 is 0 Å². The van der Waals surface area contributed by atoms with E-state index in [2.05, 4.69) is 10.1 Å². The van der Waals surface area contributed by atoms with Crippen molar-refractivity contribution in [3.8, 4) is 0 Å². The number of rotatable bonds is 3. The summed E-state index contributed by atoms with van der Waals surface area (Å²) < 4.78 is 59.7. The molecule has 1 aliphatic heterocycles. The van der Waals surface area contributed by atoms with Crippen molar-refractivity contribution in [1.82, 2.24) is 5.32 Å². The van der Waals surface area contributed by atoms with E-state index in [0.29, 0.717) is 0 Å². The first kappa shape index (κ1) is 16.2. The van der Waals surface area contributed by atoms with Gasteiger partial charge in [-0.05, 0) is 6.42 Å². The van der Waals surface area contributed by atoms with E-state index < -0.39 is 58.3 Å². The summed E-state index contributed by atoms with van der Waals surface area (Å²) in [5.74, 6) is -10.9. The first-order valence-electron chi connectivity index (χ1n) is 6.19. The molecule has 0 aromatic heterocycles. The topological polar surface area (TPSA) is 75.6 Å². The molecule has 0 spiro atoms. The van der Waals surface area contributed by atoms with Crippen molar-refractivity contribution in [2.75, 3.05) is 13.7 Å². The predicted octanol–water partition coefficient (Wildman–Crippen LogP) is 1.76. The summed E-state index contributed by atoms with van der Waals surface area (Å²) in [6.45, 7) is -0.0964. The van der Waals surface area contributed by atoms with Crippen molar-refractivity contribution in [3.63, 3.8) is 0 Å². The van der Waals surface area contributed by atoms with Crippen LogP contribution in [0.2, 0.25) is 0 Å². The van der Waals surface area contributed by atoms with E-state index in [0.717, 1.165) is 7.11 Å². The van der Waals surface area contributed by atoms with E-state index in [4.69, 9.17) is 5.11 Å². The highest BCUT2D eigenvalue weighted by Crippen LogP contribution is 2.34. The van der Waals surface area contributed by atoms with Crippen molar-refractivity contribution >= 4 is 11.9 Å². The van der Waals surface area contributed by atoms with Gasteiger partial charge in [0.15, 0.2) is 23.3 Å². The minimum absolute atomic E-state index is 0.0964. The molecule has 5 nitrogen and oxygen atoms in total. The molecule has 120 valence electrons. The number of carbonyl (C=O) groups is 2. The third-order valence-corrected chi connectivity index (χ3v) is 3.52. The number of ether oxygens (including phenoxy) is 1. The van der Waals surface area contributed by atoms with E-state index in [9.17, 15) is 27.2 Å². The number of aliphatic carboxylic acids is 1.